The number of hydroxylamine groups is 1. The lowest BCUT2D eigenvalue weighted by molar-refractivity contribution is -0.384. The lowest BCUT2D eigenvalue weighted by atomic mass is 9.91. The number of pyridine rings is 1. The van der Waals surface area contributed by atoms with Crippen LogP contribution in [0.2, 0.25) is 0 Å². The van der Waals surface area contributed by atoms with Crippen molar-refractivity contribution < 1.29 is 24.5 Å². The van der Waals surface area contributed by atoms with Gasteiger partial charge in [0.2, 0.25) is 17.7 Å². The zero-order chi connectivity index (χ0) is 25.6. The van der Waals surface area contributed by atoms with E-state index in [9.17, 15) is 24.5 Å². The second-order valence-corrected chi connectivity index (χ2v) is 9.12. The van der Waals surface area contributed by atoms with E-state index in [4.69, 9.17) is 5.21 Å². The minimum atomic E-state index is -1.02. The highest BCUT2D eigenvalue weighted by molar-refractivity contribution is 5.95. The van der Waals surface area contributed by atoms with Crippen molar-refractivity contribution in [3.05, 3.63) is 70.0 Å². The maximum absolute atomic E-state index is 13.4. The van der Waals surface area contributed by atoms with E-state index >= 15 is 0 Å². The first-order valence-electron chi connectivity index (χ1n) is 11.3. The number of nitrogens with zero attached hydrogens (tertiary/aromatic N) is 2. The quantitative estimate of drug-likeness (QED) is 0.215. The summed E-state index contributed by atoms with van der Waals surface area (Å²) in [6.07, 6.45) is 1.96. The van der Waals surface area contributed by atoms with Gasteiger partial charge in [-0.25, -0.2) is 5.48 Å². The number of carbonyl (C=O) groups is 3. The van der Waals surface area contributed by atoms with Crippen LogP contribution in [-0.2, 0) is 27.3 Å². The van der Waals surface area contributed by atoms with E-state index in [-0.39, 0.29) is 36.9 Å². The number of rotatable bonds is 11. The first-order valence-corrected chi connectivity index (χ1v) is 11.3. The Balaban J connectivity index is 1.79. The molecule has 0 aliphatic heterocycles. The molecule has 0 radical (unpaired) electrons. The van der Waals surface area contributed by atoms with Gasteiger partial charge in [-0.3, -0.25) is 34.7 Å². The number of hydrogen-bond acceptors (Lipinski definition) is 7. The summed E-state index contributed by atoms with van der Waals surface area (Å²) in [5.41, 5.74) is 1.74. The Labute approximate surface area is 202 Å². The largest absolute Gasteiger partial charge is 0.349 e. The van der Waals surface area contributed by atoms with Crippen LogP contribution < -0.4 is 16.1 Å². The number of carbonyl (C=O) groups excluding carboxylic acids is 3. The molecule has 1 aliphatic rings. The van der Waals surface area contributed by atoms with Gasteiger partial charge >= 0.3 is 0 Å². The fourth-order valence-electron chi connectivity index (χ4n) is 4.38. The van der Waals surface area contributed by atoms with Crippen molar-refractivity contribution >= 4 is 23.4 Å². The Morgan fingerprint density at radius 3 is 2.46 bits per heavy atom. The van der Waals surface area contributed by atoms with Crippen LogP contribution in [0, 0.1) is 27.4 Å². The van der Waals surface area contributed by atoms with Gasteiger partial charge in [-0.2, -0.15) is 0 Å². The van der Waals surface area contributed by atoms with Crippen LogP contribution in [0.4, 0.5) is 5.69 Å². The van der Waals surface area contributed by atoms with Crippen molar-refractivity contribution in [1.82, 2.24) is 21.1 Å². The molecule has 1 unspecified atom stereocenters. The maximum atomic E-state index is 13.4. The van der Waals surface area contributed by atoms with Gasteiger partial charge in [-0.05, 0) is 36.0 Å². The summed E-state index contributed by atoms with van der Waals surface area (Å²) in [4.78, 5) is 53.0. The maximum Gasteiger partial charge on any atom is 0.269 e. The predicted octanol–water partition coefficient (Wildman–Crippen LogP) is 1.89. The van der Waals surface area contributed by atoms with Crippen LogP contribution in [0.1, 0.15) is 37.9 Å². The van der Waals surface area contributed by atoms with Gasteiger partial charge in [0.1, 0.15) is 6.04 Å². The van der Waals surface area contributed by atoms with Crippen LogP contribution >= 0.6 is 0 Å². The molecule has 11 nitrogen and oxygen atoms in total. The molecule has 0 saturated heterocycles. The van der Waals surface area contributed by atoms with Crippen molar-refractivity contribution in [2.45, 2.75) is 45.7 Å². The zero-order valence-electron chi connectivity index (χ0n) is 19.6. The third kappa shape index (κ3) is 6.38. The third-order valence-corrected chi connectivity index (χ3v) is 6.37. The topological polar surface area (TPSA) is 164 Å². The van der Waals surface area contributed by atoms with E-state index < -0.39 is 34.1 Å². The Morgan fingerprint density at radius 1 is 1.20 bits per heavy atom. The smallest absolute Gasteiger partial charge is 0.269 e. The second kappa shape index (κ2) is 11.0. The van der Waals surface area contributed by atoms with Crippen molar-refractivity contribution in [2.24, 2.45) is 17.3 Å². The fraction of sp³-hybridized carbons (Fsp3) is 0.417. The predicted molar refractivity (Wildman–Crippen MR) is 125 cm³/mol. The van der Waals surface area contributed by atoms with E-state index in [0.29, 0.717) is 17.7 Å². The summed E-state index contributed by atoms with van der Waals surface area (Å²) in [5, 5.41) is 25.5. The van der Waals surface area contributed by atoms with Gasteiger partial charge in [-0.1, -0.05) is 32.0 Å². The highest BCUT2D eigenvalue weighted by Gasteiger charge is 2.61. The average molecular weight is 484 g/mol. The number of non-ortho nitro benzene ring substituents is 1. The van der Waals surface area contributed by atoms with Crippen LogP contribution in [0.15, 0.2) is 48.7 Å². The van der Waals surface area contributed by atoms with Gasteiger partial charge < -0.3 is 10.6 Å². The normalized spacial score (nSPS) is 19.5. The van der Waals surface area contributed by atoms with E-state index in [0.717, 1.165) is 0 Å². The Morgan fingerprint density at radius 2 is 1.91 bits per heavy atom. The van der Waals surface area contributed by atoms with Gasteiger partial charge in [0.25, 0.3) is 5.69 Å². The number of hydrogen-bond donors (Lipinski definition) is 4. The van der Waals surface area contributed by atoms with E-state index in [2.05, 4.69) is 15.6 Å². The molecule has 11 heteroatoms. The van der Waals surface area contributed by atoms with E-state index in [1.54, 1.807) is 29.9 Å². The number of amides is 3. The minimum Gasteiger partial charge on any atom is -0.349 e. The summed E-state index contributed by atoms with van der Waals surface area (Å²) < 4.78 is 0. The van der Waals surface area contributed by atoms with Crippen LogP contribution in [0.3, 0.4) is 0 Å². The molecule has 3 atom stereocenters. The van der Waals surface area contributed by atoms with Crippen molar-refractivity contribution in [3.8, 4) is 0 Å². The molecule has 186 valence electrons. The second-order valence-electron chi connectivity index (χ2n) is 9.12. The van der Waals surface area contributed by atoms with Gasteiger partial charge in [0, 0.05) is 31.2 Å². The summed E-state index contributed by atoms with van der Waals surface area (Å²) >= 11 is 0. The van der Waals surface area contributed by atoms with Gasteiger partial charge in [0.15, 0.2) is 0 Å². The van der Waals surface area contributed by atoms with Crippen LogP contribution in [0.25, 0.3) is 0 Å². The third-order valence-electron chi connectivity index (χ3n) is 6.37. The Bertz CT molecular complexity index is 1080. The molecule has 3 rings (SSSR count). The monoisotopic (exact) mass is 483 g/mol. The molecule has 1 aromatic carbocycles. The molecule has 1 aliphatic carbocycles. The SMILES string of the molecule is CC(C)[C@@H]1CC1(CC(=O)NO)C(=O)N[C@@H](Cc1ccc([N+](=O)[O-])cc1)C(=O)NCc1ccccn1. The summed E-state index contributed by atoms with van der Waals surface area (Å²) in [7, 11) is 0. The van der Waals surface area contributed by atoms with Crippen LogP contribution in [-0.4, -0.2) is 38.9 Å². The highest BCUT2D eigenvalue weighted by atomic mass is 16.6. The molecule has 0 spiro atoms. The fourth-order valence-corrected chi connectivity index (χ4v) is 4.38. The van der Waals surface area contributed by atoms with Gasteiger partial charge in [-0.15, -0.1) is 0 Å². The number of nitro benzene ring substituents is 1. The summed E-state index contributed by atoms with van der Waals surface area (Å²) in [6.45, 7) is 4.05. The molecule has 35 heavy (non-hydrogen) atoms. The number of aromatic nitrogens is 1. The molecular weight excluding hydrogens is 454 g/mol. The Hall–Kier alpha value is -3.86. The molecule has 3 amide bonds. The summed E-state index contributed by atoms with van der Waals surface area (Å²) in [5.74, 6) is -1.52. The standard InChI is InChI=1S/C24H29N5O6/c1-15(2)19-12-24(19,13-21(30)28-33)23(32)27-20(11-16-6-8-18(9-7-16)29(34)35)22(31)26-14-17-5-3-4-10-25-17/h3-10,15,19-20,33H,11-14H2,1-2H3,(H,26,31)(H,27,32)(H,28,30)/t19-,20-,24?/m0/s1. The first kappa shape index (κ1) is 25.8. The summed E-state index contributed by atoms with van der Waals surface area (Å²) in [6, 6.07) is 10.1. The average Bonchev–Trinajstić information content (AvgIpc) is 3.58. The van der Waals surface area contributed by atoms with Crippen molar-refractivity contribution in [1.29, 1.82) is 0 Å². The molecule has 0 bridgehead atoms. The van der Waals surface area contributed by atoms with Crippen molar-refractivity contribution in [2.75, 3.05) is 0 Å². The number of benzene rings is 1. The number of nitro groups is 1. The van der Waals surface area contributed by atoms with E-state index in [1.165, 1.54) is 24.3 Å². The lowest BCUT2D eigenvalue weighted by Gasteiger charge is -2.23. The van der Waals surface area contributed by atoms with Crippen molar-refractivity contribution in [3.63, 3.8) is 0 Å². The molecule has 1 saturated carbocycles. The molecule has 4 N–H and O–H groups in total. The van der Waals surface area contributed by atoms with Gasteiger partial charge in [0.05, 0.1) is 22.6 Å². The minimum absolute atomic E-state index is 0.0728. The molecular formula is C24H29N5O6. The first-order chi connectivity index (χ1) is 16.7. The van der Waals surface area contributed by atoms with E-state index in [1.807, 2.05) is 13.8 Å². The zero-order valence-corrected chi connectivity index (χ0v) is 19.6. The van der Waals surface area contributed by atoms with Crippen LogP contribution in [0.5, 0.6) is 0 Å². The molecule has 1 fully saturated rings. The molecule has 1 aromatic heterocycles. The lowest BCUT2D eigenvalue weighted by Crippen LogP contribution is -2.51. The Kier molecular flexibility index (Phi) is 8.13. The molecule has 2 aromatic rings. The highest BCUT2D eigenvalue weighted by Crippen LogP contribution is 2.59. The number of nitrogens with one attached hydrogen (secondary N) is 3. The molecule has 1 heterocycles.